The van der Waals surface area contributed by atoms with Crippen LogP contribution in [0.5, 0.6) is 0 Å². The molecule has 8 saturated carbocycles. The molecule has 8 aliphatic carbocycles. The standard InChI is InChI=1S/8C8H12O2.2BrH/c8*1-8(2)4-6(9)3-7(10)5-8;;/h8*3-5H2,1-2H3;2*1H. The Bertz CT molecular complexity index is 1810. The second-order valence-electron chi connectivity index (χ2n) is 30.2. The Balaban J connectivity index is 0. The molecular formula is C64H98Br2O16. The summed E-state index contributed by atoms with van der Waals surface area (Å²) in [6.45, 7) is 31.4. The summed E-state index contributed by atoms with van der Waals surface area (Å²) < 4.78 is 0. The quantitative estimate of drug-likeness (QED) is 0.204. The van der Waals surface area contributed by atoms with Crippen molar-refractivity contribution in [3.63, 3.8) is 0 Å². The highest BCUT2D eigenvalue weighted by molar-refractivity contribution is 8.93. The predicted molar refractivity (Wildman–Crippen MR) is 322 cm³/mol. The van der Waals surface area contributed by atoms with Crippen molar-refractivity contribution in [1.82, 2.24) is 0 Å². The molecule has 82 heavy (non-hydrogen) atoms. The lowest BCUT2D eigenvalue weighted by molar-refractivity contribution is -0.135. The van der Waals surface area contributed by atoms with E-state index in [4.69, 9.17) is 0 Å². The predicted octanol–water partition coefficient (Wildman–Crippen LogP) is 11.8. The zero-order chi connectivity index (χ0) is 62.2. The van der Waals surface area contributed by atoms with Gasteiger partial charge in [-0.3, -0.25) is 76.7 Å². The molecule has 0 aromatic heterocycles. The van der Waals surface area contributed by atoms with Crippen molar-refractivity contribution in [1.29, 1.82) is 0 Å². The molecule has 18 heteroatoms. The summed E-state index contributed by atoms with van der Waals surface area (Å²) in [5, 5.41) is 0. The van der Waals surface area contributed by atoms with Crippen LogP contribution in [0, 0.1) is 43.3 Å². The fraction of sp³-hybridized carbons (Fsp3) is 0.750. The van der Waals surface area contributed by atoms with Crippen LogP contribution < -0.4 is 0 Å². The maximum atomic E-state index is 10.9. The summed E-state index contributed by atoms with van der Waals surface area (Å²) in [7, 11) is 0. The van der Waals surface area contributed by atoms with Gasteiger partial charge < -0.3 is 0 Å². The topological polar surface area (TPSA) is 273 Å². The first-order valence-corrected chi connectivity index (χ1v) is 28.2. The molecule has 0 aromatic carbocycles. The first kappa shape index (κ1) is 79.7. The second-order valence-corrected chi connectivity index (χ2v) is 30.2. The van der Waals surface area contributed by atoms with Crippen molar-refractivity contribution < 1.29 is 76.7 Å². The highest BCUT2D eigenvalue weighted by Gasteiger charge is 2.36. The van der Waals surface area contributed by atoms with E-state index < -0.39 is 0 Å². The molecule has 8 fully saturated rings. The summed E-state index contributed by atoms with van der Waals surface area (Å²) >= 11 is 0. The van der Waals surface area contributed by atoms with E-state index >= 15 is 0 Å². The maximum Gasteiger partial charge on any atom is 0.140 e. The number of carbonyl (C=O) groups excluding carboxylic acids is 16. The fourth-order valence-corrected chi connectivity index (χ4v) is 11.8. The SMILES string of the molecule is Br.Br.CC1(C)CC(=O)CC(=O)C1.CC1(C)CC(=O)CC(=O)C1.CC1(C)CC(=O)CC(=O)C1.CC1(C)CC(=O)CC(=O)C1.CC1(C)CC(=O)CC(=O)C1.CC1(C)CC(=O)CC(=O)C1.CC1(C)CC(=O)CC(=O)C1.CC1(C)CC(=O)CC(=O)C1. The number of halogens is 2. The third kappa shape index (κ3) is 36.4. The molecule has 0 heterocycles. The fourth-order valence-electron chi connectivity index (χ4n) is 11.8. The van der Waals surface area contributed by atoms with E-state index in [1.165, 1.54) is 0 Å². The van der Waals surface area contributed by atoms with E-state index in [-0.39, 0.29) is 221 Å². The van der Waals surface area contributed by atoms with Gasteiger partial charge in [0, 0.05) is 103 Å². The molecule has 0 aliphatic heterocycles. The number of carbonyl (C=O) groups is 16. The summed E-state index contributed by atoms with van der Waals surface area (Å²) in [5.41, 5.74) is -0.616. The molecule has 0 radical (unpaired) electrons. The van der Waals surface area contributed by atoms with E-state index in [0.29, 0.717) is 103 Å². The minimum Gasteiger partial charge on any atom is -0.299 e. The normalized spacial score (nSPS) is 24.4. The molecule has 0 amide bonds. The minimum absolute atomic E-state index is 0. The molecule has 0 saturated heterocycles. The van der Waals surface area contributed by atoms with E-state index in [9.17, 15) is 76.7 Å². The van der Waals surface area contributed by atoms with Gasteiger partial charge in [-0.15, -0.1) is 34.0 Å². The van der Waals surface area contributed by atoms with Crippen molar-refractivity contribution in [2.75, 3.05) is 0 Å². The molecule has 0 N–H and O–H groups in total. The van der Waals surface area contributed by atoms with E-state index in [1.54, 1.807) is 0 Å². The molecule has 464 valence electrons. The smallest absolute Gasteiger partial charge is 0.140 e. The number of rotatable bonds is 0. The van der Waals surface area contributed by atoms with Crippen LogP contribution in [0.15, 0.2) is 0 Å². The third-order valence-corrected chi connectivity index (χ3v) is 14.0. The van der Waals surface area contributed by atoms with Crippen LogP contribution in [0.1, 0.15) is 265 Å². The second kappa shape index (κ2) is 32.8. The van der Waals surface area contributed by atoms with Crippen LogP contribution in [-0.2, 0) is 76.7 Å². The van der Waals surface area contributed by atoms with Gasteiger partial charge in [-0.25, -0.2) is 0 Å². The van der Waals surface area contributed by atoms with Crippen LogP contribution in [0.4, 0.5) is 0 Å². The Morgan fingerprint density at radius 1 is 0.146 bits per heavy atom. The number of Topliss-reactive ketones (excluding diaryl/α,β-unsaturated/α-hetero) is 16. The molecular weight excluding hydrogens is 1180 g/mol. The Hall–Kier alpha value is -4.32. The molecule has 0 aromatic rings. The van der Waals surface area contributed by atoms with Gasteiger partial charge in [-0.1, -0.05) is 111 Å². The minimum atomic E-state index is -0.0770. The largest absolute Gasteiger partial charge is 0.299 e. The van der Waals surface area contributed by atoms with Crippen LogP contribution in [0.3, 0.4) is 0 Å². The van der Waals surface area contributed by atoms with Gasteiger partial charge in [0.05, 0.1) is 51.4 Å². The van der Waals surface area contributed by atoms with Gasteiger partial charge in [-0.2, -0.15) is 0 Å². The van der Waals surface area contributed by atoms with Gasteiger partial charge in [0.15, 0.2) is 0 Å². The summed E-state index contributed by atoms with van der Waals surface area (Å²) in [4.78, 5) is 174. The lowest BCUT2D eigenvalue weighted by Gasteiger charge is -2.26. The molecule has 0 unspecified atom stereocenters. The molecule has 0 spiro atoms. The van der Waals surface area contributed by atoms with Crippen LogP contribution >= 0.6 is 34.0 Å². The van der Waals surface area contributed by atoms with Gasteiger partial charge in [0.2, 0.25) is 0 Å². The van der Waals surface area contributed by atoms with Gasteiger partial charge >= 0.3 is 0 Å². The number of hydrogen-bond acceptors (Lipinski definition) is 16. The van der Waals surface area contributed by atoms with Crippen molar-refractivity contribution in [3.8, 4) is 0 Å². The monoisotopic (exact) mass is 1280 g/mol. The van der Waals surface area contributed by atoms with Crippen molar-refractivity contribution in [3.05, 3.63) is 0 Å². The van der Waals surface area contributed by atoms with Crippen LogP contribution in [0.2, 0.25) is 0 Å². The number of hydrogen-bond donors (Lipinski definition) is 0. The van der Waals surface area contributed by atoms with E-state index in [1.807, 2.05) is 111 Å². The summed E-state index contributed by atoms with van der Waals surface area (Å²) in [5.74, 6) is 1.57. The summed E-state index contributed by atoms with van der Waals surface area (Å²) in [6.07, 6.45) is 10.5. The summed E-state index contributed by atoms with van der Waals surface area (Å²) in [6, 6.07) is 0. The third-order valence-electron chi connectivity index (χ3n) is 14.0. The van der Waals surface area contributed by atoms with Gasteiger partial charge in [-0.05, 0) is 43.3 Å². The number of ketones is 16. The Kier molecular flexibility index (Phi) is 31.9. The lowest BCUT2D eigenvalue weighted by atomic mass is 9.76. The highest BCUT2D eigenvalue weighted by atomic mass is 79.9. The Labute approximate surface area is 508 Å². The Morgan fingerprint density at radius 3 is 0.232 bits per heavy atom. The van der Waals surface area contributed by atoms with Crippen molar-refractivity contribution in [2.24, 2.45) is 43.3 Å². The lowest BCUT2D eigenvalue weighted by Crippen LogP contribution is -2.28. The average Bonchev–Trinajstić information content (AvgIpc) is 3.12. The first-order chi connectivity index (χ1) is 36.0. The average molecular weight is 1280 g/mol. The maximum absolute atomic E-state index is 10.9. The Morgan fingerprint density at radius 2 is 0.195 bits per heavy atom. The zero-order valence-electron chi connectivity index (χ0n) is 52.3. The first-order valence-electron chi connectivity index (χ1n) is 28.2. The van der Waals surface area contributed by atoms with E-state index in [0.717, 1.165) is 0 Å². The molecule has 16 nitrogen and oxygen atoms in total. The zero-order valence-corrected chi connectivity index (χ0v) is 55.7. The van der Waals surface area contributed by atoms with Crippen molar-refractivity contribution in [2.45, 2.75) is 265 Å². The molecule has 8 rings (SSSR count). The van der Waals surface area contributed by atoms with Crippen LogP contribution in [0.25, 0.3) is 0 Å². The van der Waals surface area contributed by atoms with Crippen LogP contribution in [-0.4, -0.2) is 92.5 Å². The van der Waals surface area contributed by atoms with E-state index in [2.05, 4.69) is 0 Å². The van der Waals surface area contributed by atoms with Gasteiger partial charge in [0.25, 0.3) is 0 Å². The van der Waals surface area contributed by atoms with Gasteiger partial charge in [0.1, 0.15) is 92.5 Å². The molecule has 0 atom stereocenters. The molecule has 0 bridgehead atoms. The van der Waals surface area contributed by atoms with Crippen molar-refractivity contribution >= 4 is 126 Å². The molecule has 8 aliphatic rings. The highest BCUT2D eigenvalue weighted by Crippen LogP contribution is 2.36.